The fourth-order valence-corrected chi connectivity index (χ4v) is 3.77. The van der Waals surface area contributed by atoms with Crippen LogP contribution in [0, 0.1) is 0 Å². The molecule has 100 valence electrons. The monoisotopic (exact) mass is 330 g/mol. The van der Waals surface area contributed by atoms with E-state index in [-0.39, 0.29) is 17.9 Å². The summed E-state index contributed by atoms with van der Waals surface area (Å²) >= 11 is 5.09. The van der Waals surface area contributed by atoms with Gasteiger partial charge in [0, 0.05) is 30.1 Å². The van der Waals surface area contributed by atoms with E-state index in [1.165, 1.54) is 0 Å². The van der Waals surface area contributed by atoms with Crippen LogP contribution in [0.25, 0.3) is 0 Å². The van der Waals surface area contributed by atoms with Gasteiger partial charge in [-0.2, -0.15) is 0 Å². The minimum absolute atomic E-state index is 0.0472. The third-order valence-corrected chi connectivity index (χ3v) is 5.51. The maximum atomic E-state index is 12.6. The Morgan fingerprint density at radius 1 is 1.56 bits per heavy atom. The van der Waals surface area contributed by atoms with Gasteiger partial charge < -0.3 is 10.2 Å². The standard InChI is InChI=1S/C13H19BrN2OS/c1-8(11-4-5-12(14)18-11)13(17)16-7-6-15-9(2)10(16)3/h4-5,8-10,15H,6-7H2,1-3H3. The Bertz CT molecular complexity index is 434. The van der Waals surface area contributed by atoms with Gasteiger partial charge in [-0.15, -0.1) is 11.3 Å². The van der Waals surface area contributed by atoms with Crippen LogP contribution in [0.3, 0.4) is 0 Å². The van der Waals surface area contributed by atoms with Gasteiger partial charge in [0.1, 0.15) is 0 Å². The number of nitrogens with one attached hydrogen (secondary N) is 1. The molecule has 0 saturated carbocycles. The second-order valence-corrected chi connectivity index (χ2v) is 7.37. The average molecular weight is 331 g/mol. The zero-order chi connectivity index (χ0) is 13.3. The predicted molar refractivity (Wildman–Crippen MR) is 79.1 cm³/mol. The number of nitrogens with zero attached hydrogens (tertiary/aromatic N) is 1. The summed E-state index contributed by atoms with van der Waals surface area (Å²) < 4.78 is 1.08. The Labute approximate surface area is 121 Å². The fourth-order valence-electron chi connectivity index (χ4n) is 2.30. The van der Waals surface area contributed by atoms with Crippen LogP contribution in [0.2, 0.25) is 0 Å². The summed E-state index contributed by atoms with van der Waals surface area (Å²) in [6, 6.07) is 4.67. The van der Waals surface area contributed by atoms with Crippen LogP contribution in [0.1, 0.15) is 31.6 Å². The lowest BCUT2D eigenvalue weighted by atomic mass is 10.0. The molecule has 18 heavy (non-hydrogen) atoms. The van der Waals surface area contributed by atoms with Gasteiger partial charge in [-0.3, -0.25) is 4.79 Å². The first-order chi connectivity index (χ1) is 8.50. The number of rotatable bonds is 2. The topological polar surface area (TPSA) is 32.3 Å². The molecule has 3 atom stereocenters. The molecule has 1 aromatic heterocycles. The zero-order valence-corrected chi connectivity index (χ0v) is 13.3. The average Bonchev–Trinajstić information content (AvgIpc) is 2.77. The van der Waals surface area contributed by atoms with Crippen molar-refractivity contribution in [2.75, 3.05) is 13.1 Å². The van der Waals surface area contributed by atoms with Crippen LogP contribution in [0.15, 0.2) is 15.9 Å². The molecule has 3 nitrogen and oxygen atoms in total. The van der Waals surface area contributed by atoms with Gasteiger partial charge >= 0.3 is 0 Å². The molecule has 1 aliphatic rings. The van der Waals surface area contributed by atoms with E-state index in [2.05, 4.69) is 35.1 Å². The van der Waals surface area contributed by atoms with Gasteiger partial charge in [-0.1, -0.05) is 0 Å². The third kappa shape index (κ3) is 2.78. The lowest BCUT2D eigenvalue weighted by Gasteiger charge is -2.39. The van der Waals surface area contributed by atoms with Crippen LogP contribution < -0.4 is 5.32 Å². The SMILES string of the molecule is CC(C(=O)N1CCNC(C)C1C)c1ccc(Br)s1. The van der Waals surface area contributed by atoms with Gasteiger partial charge in [-0.25, -0.2) is 0 Å². The van der Waals surface area contributed by atoms with Gasteiger partial charge in [0.05, 0.1) is 9.70 Å². The molecule has 0 spiro atoms. The minimum Gasteiger partial charge on any atom is -0.337 e. The molecule has 2 heterocycles. The Kier molecular flexibility index (Phi) is 4.45. The van der Waals surface area contributed by atoms with E-state index < -0.39 is 0 Å². The molecule has 1 N–H and O–H groups in total. The summed E-state index contributed by atoms with van der Waals surface area (Å²) in [5.41, 5.74) is 0. The lowest BCUT2D eigenvalue weighted by Crippen LogP contribution is -2.57. The molecule has 2 rings (SSSR count). The molecule has 1 aliphatic heterocycles. The van der Waals surface area contributed by atoms with Crippen LogP contribution in [0.5, 0.6) is 0 Å². The van der Waals surface area contributed by atoms with Gasteiger partial charge in [0.15, 0.2) is 0 Å². The maximum Gasteiger partial charge on any atom is 0.231 e. The van der Waals surface area contributed by atoms with Crippen molar-refractivity contribution in [2.24, 2.45) is 0 Å². The molecule has 3 unspecified atom stereocenters. The largest absolute Gasteiger partial charge is 0.337 e. The van der Waals surface area contributed by atoms with Crippen molar-refractivity contribution in [3.63, 3.8) is 0 Å². The van der Waals surface area contributed by atoms with E-state index in [0.717, 1.165) is 21.8 Å². The van der Waals surface area contributed by atoms with E-state index in [9.17, 15) is 4.79 Å². The highest BCUT2D eigenvalue weighted by atomic mass is 79.9. The Morgan fingerprint density at radius 3 is 2.89 bits per heavy atom. The number of carbonyl (C=O) groups excluding carboxylic acids is 1. The highest BCUT2D eigenvalue weighted by Crippen LogP contribution is 2.30. The van der Waals surface area contributed by atoms with Gasteiger partial charge in [0.25, 0.3) is 0 Å². The van der Waals surface area contributed by atoms with Gasteiger partial charge in [0.2, 0.25) is 5.91 Å². The second-order valence-electron chi connectivity index (χ2n) is 4.88. The van der Waals surface area contributed by atoms with Crippen molar-refractivity contribution < 1.29 is 4.79 Å². The number of thiophene rings is 1. The molecule has 0 aliphatic carbocycles. The van der Waals surface area contributed by atoms with Crippen LogP contribution in [0.4, 0.5) is 0 Å². The van der Waals surface area contributed by atoms with Crippen molar-refractivity contribution >= 4 is 33.2 Å². The van der Waals surface area contributed by atoms with E-state index in [4.69, 9.17) is 0 Å². The van der Waals surface area contributed by atoms with Crippen molar-refractivity contribution in [1.29, 1.82) is 0 Å². The molecule has 1 amide bonds. The minimum atomic E-state index is -0.0472. The normalized spacial score (nSPS) is 26.1. The molecule has 0 aromatic carbocycles. The number of amides is 1. The summed E-state index contributed by atoms with van der Waals surface area (Å²) in [6.07, 6.45) is 0. The highest BCUT2D eigenvalue weighted by molar-refractivity contribution is 9.11. The summed E-state index contributed by atoms with van der Waals surface area (Å²) in [7, 11) is 0. The molecule has 0 bridgehead atoms. The fraction of sp³-hybridized carbons (Fsp3) is 0.615. The van der Waals surface area contributed by atoms with Crippen molar-refractivity contribution in [3.8, 4) is 0 Å². The molecular formula is C13H19BrN2OS. The lowest BCUT2D eigenvalue weighted by molar-refractivity contribution is -0.136. The number of carbonyl (C=O) groups is 1. The molecule has 1 saturated heterocycles. The van der Waals surface area contributed by atoms with Crippen LogP contribution in [-0.2, 0) is 4.79 Å². The smallest absolute Gasteiger partial charge is 0.231 e. The first-order valence-corrected chi connectivity index (χ1v) is 7.90. The molecular weight excluding hydrogens is 312 g/mol. The predicted octanol–water partition coefficient (Wildman–Crippen LogP) is 2.82. The molecule has 5 heteroatoms. The van der Waals surface area contributed by atoms with E-state index in [0.29, 0.717) is 6.04 Å². The first-order valence-electron chi connectivity index (χ1n) is 6.30. The highest BCUT2D eigenvalue weighted by Gasteiger charge is 2.31. The summed E-state index contributed by atoms with van der Waals surface area (Å²) in [4.78, 5) is 15.7. The third-order valence-electron chi connectivity index (χ3n) is 3.71. The Morgan fingerprint density at radius 2 is 2.28 bits per heavy atom. The van der Waals surface area contributed by atoms with E-state index >= 15 is 0 Å². The molecule has 1 fully saturated rings. The first kappa shape index (κ1) is 14.0. The van der Waals surface area contributed by atoms with Crippen molar-refractivity contribution in [2.45, 2.75) is 38.8 Å². The zero-order valence-electron chi connectivity index (χ0n) is 10.9. The van der Waals surface area contributed by atoms with Gasteiger partial charge in [-0.05, 0) is 48.8 Å². The second kappa shape index (κ2) is 5.72. The number of piperazine rings is 1. The van der Waals surface area contributed by atoms with Crippen molar-refractivity contribution in [3.05, 3.63) is 20.8 Å². The summed E-state index contributed by atoms with van der Waals surface area (Å²) in [6.45, 7) is 7.95. The number of halogens is 1. The van der Waals surface area contributed by atoms with Crippen LogP contribution >= 0.6 is 27.3 Å². The van der Waals surface area contributed by atoms with Crippen molar-refractivity contribution in [1.82, 2.24) is 10.2 Å². The Balaban J connectivity index is 2.10. The number of hydrogen-bond donors (Lipinski definition) is 1. The molecule has 0 radical (unpaired) electrons. The van der Waals surface area contributed by atoms with E-state index in [1.54, 1.807) is 11.3 Å². The Hall–Kier alpha value is -0.390. The number of hydrogen-bond acceptors (Lipinski definition) is 3. The summed E-state index contributed by atoms with van der Waals surface area (Å²) in [5, 5.41) is 3.40. The van der Waals surface area contributed by atoms with Crippen LogP contribution in [-0.4, -0.2) is 36.0 Å². The molecule has 1 aromatic rings. The maximum absolute atomic E-state index is 12.6. The van der Waals surface area contributed by atoms with E-state index in [1.807, 2.05) is 24.0 Å². The quantitative estimate of drug-likeness (QED) is 0.904. The summed E-state index contributed by atoms with van der Waals surface area (Å²) in [5.74, 6) is 0.194.